The first-order chi connectivity index (χ1) is 11.7. The smallest absolute Gasteiger partial charge is 0.305 e. The van der Waals surface area contributed by atoms with Gasteiger partial charge in [0.15, 0.2) is 5.96 Å². The molecule has 0 fully saturated rings. The van der Waals surface area contributed by atoms with Gasteiger partial charge in [0.05, 0.1) is 6.61 Å². The molecule has 0 saturated carbocycles. The van der Waals surface area contributed by atoms with Crippen LogP contribution in [0.5, 0.6) is 0 Å². The average Bonchev–Trinajstić information content (AvgIpc) is 2.57. The number of nitrogens with one attached hydrogen (secondary N) is 2. The van der Waals surface area contributed by atoms with E-state index in [0.717, 1.165) is 37.8 Å². The molecule has 0 aliphatic rings. The minimum Gasteiger partial charge on any atom is -0.466 e. The molecule has 5 nitrogen and oxygen atoms in total. The van der Waals surface area contributed by atoms with Crippen molar-refractivity contribution in [1.29, 1.82) is 0 Å². The topological polar surface area (TPSA) is 62.7 Å². The van der Waals surface area contributed by atoms with Gasteiger partial charge in [-0.3, -0.25) is 9.79 Å². The quantitative estimate of drug-likeness (QED) is 0.298. The summed E-state index contributed by atoms with van der Waals surface area (Å²) in [4.78, 5) is 15.3. The molecule has 0 atom stereocenters. The zero-order valence-corrected chi connectivity index (χ0v) is 14.6. The van der Waals surface area contributed by atoms with E-state index in [-0.39, 0.29) is 11.8 Å². The molecule has 0 aliphatic heterocycles. The predicted octanol–water partition coefficient (Wildman–Crippen LogP) is 3.00. The van der Waals surface area contributed by atoms with Crippen molar-refractivity contribution < 1.29 is 13.9 Å². The Kier molecular flexibility index (Phi) is 10.2. The number of nitrogens with zero attached hydrogens (tertiary/aromatic N) is 1. The molecule has 0 spiro atoms. The van der Waals surface area contributed by atoms with Gasteiger partial charge in [0, 0.05) is 26.6 Å². The molecule has 134 valence electrons. The average molecular weight is 337 g/mol. The highest BCUT2D eigenvalue weighted by Crippen LogP contribution is 2.04. The molecule has 6 heteroatoms. The number of esters is 1. The fraction of sp³-hybridized carbons (Fsp3) is 0.556. The van der Waals surface area contributed by atoms with Crippen molar-refractivity contribution in [2.24, 2.45) is 4.99 Å². The van der Waals surface area contributed by atoms with Crippen molar-refractivity contribution in [3.8, 4) is 0 Å². The Balaban J connectivity index is 2.09. The fourth-order valence-corrected chi connectivity index (χ4v) is 2.24. The second kappa shape index (κ2) is 12.3. The summed E-state index contributed by atoms with van der Waals surface area (Å²) in [6.07, 6.45) is 4.43. The minimum absolute atomic E-state index is 0.113. The van der Waals surface area contributed by atoms with E-state index < -0.39 is 0 Å². The molecule has 0 aliphatic carbocycles. The number of unbranched alkanes of at least 4 members (excludes halogenated alkanes) is 3. The van der Waals surface area contributed by atoms with Crippen LogP contribution in [0.15, 0.2) is 29.3 Å². The van der Waals surface area contributed by atoms with Crippen LogP contribution in [-0.4, -0.2) is 32.1 Å². The number of hydrogen-bond acceptors (Lipinski definition) is 3. The molecule has 0 radical (unpaired) electrons. The number of aliphatic imine (C=N–C) groups is 1. The lowest BCUT2D eigenvalue weighted by atomic mass is 10.1. The molecular weight excluding hydrogens is 309 g/mol. The Labute approximate surface area is 143 Å². The molecule has 0 aromatic heterocycles. The summed E-state index contributed by atoms with van der Waals surface area (Å²) >= 11 is 0. The van der Waals surface area contributed by atoms with Gasteiger partial charge >= 0.3 is 5.97 Å². The van der Waals surface area contributed by atoms with Crippen LogP contribution in [0, 0.1) is 5.82 Å². The van der Waals surface area contributed by atoms with Gasteiger partial charge in [0.1, 0.15) is 5.82 Å². The summed E-state index contributed by atoms with van der Waals surface area (Å²) in [6, 6.07) is 6.49. The number of hydrogen-bond donors (Lipinski definition) is 2. The third-order valence-electron chi connectivity index (χ3n) is 3.48. The molecular formula is C18H28FN3O2. The lowest BCUT2D eigenvalue weighted by molar-refractivity contribution is -0.143. The highest BCUT2D eigenvalue weighted by molar-refractivity contribution is 5.79. The molecule has 0 unspecified atom stereocenters. The third kappa shape index (κ3) is 9.12. The Hall–Kier alpha value is -2.11. The van der Waals surface area contributed by atoms with Crippen LogP contribution >= 0.6 is 0 Å². The van der Waals surface area contributed by atoms with Crippen molar-refractivity contribution in [3.05, 3.63) is 35.6 Å². The van der Waals surface area contributed by atoms with Crippen LogP contribution in [0.4, 0.5) is 4.39 Å². The first-order valence-electron chi connectivity index (χ1n) is 8.50. The zero-order chi connectivity index (χ0) is 17.6. The Bertz CT molecular complexity index is 521. The maximum atomic E-state index is 13.1. The second-order valence-electron chi connectivity index (χ2n) is 5.45. The van der Waals surface area contributed by atoms with Gasteiger partial charge in [-0.25, -0.2) is 4.39 Å². The highest BCUT2D eigenvalue weighted by atomic mass is 19.1. The van der Waals surface area contributed by atoms with E-state index in [1.807, 2.05) is 13.0 Å². The minimum atomic E-state index is -0.236. The van der Waals surface area contributed by atoms with Crippen LogP contribution in [0.3, 0.4) is 0 Å². The molecule has 2 N–H and O–H groups in total. The molecule has 0 saturated heterocycles. The largest absolute Gasteiger partial charge is 0.466 e. The number of guanidine groups is 1. The van der Waals surface area contributed by atoms with Gasteiger partial charge in [-0.1, -0.05) is 25.0 Å². The fourth-order valence-electron chi connectivity index (χ4n) is 2.24. The van der Waals surface area contributed by atoms with Gasteiger partial charge in [-0.2, -0.15) is 0 Å². The normalized spacial score (nSPS) is 11.2. The molecule has 0 heterocycles. The van der Waals surface area contributed by atoms with Crippen molar-refractivity contribution >= 4 is 11.9 Å². The van der Waals surface area contributed by atoms with Crippen LogP contribution in [-0.2, 0) is 16.1 Å². The molecule has 1 rings (SSSR count). The summed E-state index contributed by atoms with van der Waals surface area (Å²) in [6.45, 7) is 3.60. The second-order valence-corrected chi connectivity index (χ2v) is 5.45. The molecule has 24 heavy (non-hydrogen) atoms. The van der Waals surface area contributed by atoms with E-state index in [0.29, 0.717) is 25.5 Å². The number of rotatable bonds is 10. The molecule has 0 amide bonds. The molecule has 0 bridgehead atoms. The van der Waals surface area contributed by atoms with Crippen molar-refractivity contribution in [2.75, 3.05) is 20.2 Å². The first-order valence-corrected chi connectivity index (χ1v) is 8.50. The predicted molar refractivity (Wildman–Crippen MR) is 94.3 cm³/mol. The van der Waals surface area contributed by atoms with Gasteiger partial charge < -0.3 is 15.4 Å². The number of carbonyl (C=O) groups excluding carboxylic acids is 1. The van der Waals surface area contributed by atoms with Gasteiger partial charge in [-0.15, -0.1) is 0 Å². The van der Waals surface area contributed by atoms with Crippen molar-refractivity contribution in [2.45, 2.75) is 45.6 Å². The van der Waals surface area contributed by atoms with E-state index in [1.54, 1.807) is 13.1 Å². The van der Waals surface area contributed by atoms with E-state index >= 15 is 0 Å². The Morgan fingerprint density at radius 1 is 1.21 bits per heavy atom. The monoisotopic (exact) mass is 337 g/mol. The number of ether oxygens (including phenoxy) is 1. The summed E-state index contributed by atoms with van der Waals surface area (Å²) in [5.74, 6) is 0.350. The number of benzene rings is 1. The lowest BCUT2D eigenvalue weighted by Gasteiger charge is -2.12. The van der Waals surface area contributed by atoms with Crippen molar-refractivity contribution in [1.82, 2.24) is 10.6 Å². The Morgan fingerprint density at radius 2 is 2.00 bits per heavy atom. The summed E-state index contributed by atoms with van der Waals surface area (Å²) in [5, 5.41) is 6.38. The number of halogens is 1. The maximum absolute atomic E-state index is 13.1. The summed E-state index contributed by atoms with van der Waals surface area (Å²) < 4.78 is 18.0. The van der Waals surface area contributed by atoms with Crippen LogP contribution < -0.4 is 10.6 Å². The first kappa shape index (κ1) is 19.9. The Morgan fingerprint density at radius 3 is 2.71 bits per heavy atom. The third-order valence-corrected chi connectivity index (χ3v) is 3.48. The maximum Gasteiger partial charge on any atom is 0.305 e. The van der Waals surface area contributed by atoms with Crippen LogP contribution in [0.2, 0.25) is 0 Å². The van der Waals surface area contributed by atoms with E-state index in [9.17, 15) is 9.18 Å². The van der Waals surface area contributed by atoms with Crippen LogP contribution in [0.1, 0.15) is 44.6 Å². The van der Waals surface area contributed by atoms with Gasteiger partial charge in [-0.05, 0) is 37.5 Å². The highest BCUT2D eigenvalue weighted by Gasteiger charge is 2.01. The van der Waals surface area contributed by atoms with Crippen molar-refractivity contribution in [3.63, 3.8) is 0 Å². The summed E-state index contributed by atoms with van der Waals surface area (Å²) in [5.41, 5.74) is 0.872. The molecule has 1 aromatic rings. The van der Waals surface area contributed by atoms with Gasteiger partial charge in [0.25, 0.3) is 0 Å². The summed E-state index contributed by atoms with van der Waals surface area (Å²) in [7, 11) is 1.71. The zero-order valence-electron chi connectivity index (χ0n) is 14.6. The number of carbonyl (C=O) groups is 1. The van der Waals surface area contributed by atoms with E-state index in [2.05, 4.69) is 15.6 Å². The van der Waals surface area contributed by atoms with Gasteiger partial charge in [0.2, 0.25) is 0 Å². The SMILES string of the molecule is CCOC(=O)CCCCCCNC(=NC)NCc1cccc(F)c1. The molecule has 1 aromatic carbocycles. The lowest BCUT2D eigenvalue weighted by Crippen LogP contribution is -2.37. The van der Waals surface area contributed by atoms with Crippen LogP contribution in [0.25, 0.3) is 0 Å². The van der Waals surface area contributed by atoms with E-state index in [4.69, 9.17) is 4.74 Å². The van der Waals surface area contributed by atoms with E-state index in [1.165, 1.54) is 12.1 Å². The standard InChI is InChI=1S/C18H28FN3O2/c1-3-24-17(23)11-6-4-5-7-12-21-18(20-2)22-14-15-9-8-10-16(19)13-15/h8-10,13H,3-7,11-12,14H2,1-2H3,(H2,20,21,22).